The summed E-state index contributed by atoms with van der Waals surface area (Å²) in [5, 5.41) is 1.91. The SMILES string of the molecule is C[n+]1ccc(Cl)c2ccccc21.Cc1ccc(S(=O)(=O)[O-])cc1. The van der Waals surface area contributed by atoms with Crippen LogP contribution in [-0.2, 0) is 17.2 Å². The van der Waals surface area contributed by atoms with Gasteiger partial charge in [0, 0.05) is 12.1 Å². The van der Waals surface area contributed by atoms with E-state index in [1.165, 1.54) is 12.1 Å². The zero-order valence-electron chi connectivity index (χ0n) is 12.7. The van der Waals surface area contributed by atoms with E-state index >= 15 is 0 Å². The Morgan fingerprint density at radius 3 is 2.17 bits per heavy atom. The second-order valence-electron chi connectivity index (χ2n) is 5.06. The molecule has 4 nitrogen and oxygen atoms in total. The van der Waals surface area contributed by atoms with Crippen molar-refractivity contribution in [2.75, 3.05) is 0 Å². The van der Waals surface area contributed by atoms with Gasteiger partial charge < -0.3 is 4.55 Å². The first kappa shape index (κ1) is 17.4. The van der Waals surface area contributed by atoms with E-state index in [1.807, 2.05) is 44.4 Å². The number of benzene rings is 2. The number of pyridine rings is 1. The molecule has 0 fully saturated rings. The standard InChI is InChI=1S/C10H9ClN.C7H8O3S/c1-12-7-6-9(11)8-4-2-3-5-10(8)12;1-6-2-4-7(5-3-6)11(8,9)10/h2-7H,1H3;2-5H,1H3,(H,8,9,10)/q+1;/p-1. The third kappa shape index (κ3) is 4.51. The normalized spacial score (nSPS) is 11.0. The molecule has 3 aromatic rings. The van der Waals surface area contributed by atoms with Gasteiger partial charge in [-0.05, 0) is 25.1 Å². The number of aryl methyl sites for hydroxylation is 2. The molecule has 0 unspecified atom stereocenters. The first-order chi connectivity index (χ1) is 10.8. The zero-order chi connectivity index (χ0) is 17.0. The molecule has 3 rings (SSSR count). The van der Waals surface area contributed by atoms with Gasteiger partial charge in [0.1, 0.15) is 17.2 Å². The molecule has 23 heavy (non-hydrogen) atoms. The predicted octanol–water partition coefficient (Wildman–Crippen LogP) is 3.22. The largest absolute Gasteiger partial charge is 0.744 e. The van der Waals surface area contributed by atoms with Gasteiger partial charge in [-0.3, -0.25) is 0 Å². The van der Waals surface area contributed by atoms with Crippen LogP contribution in [0.3, 0.4) is 0 Å². The molecule has 1 aromatic heterocycles. The molecule has 6 heteroatoms. The van der Waals surface area contributed by atoms with E-state index in [1.54, 1.807) is 12.1 Å². The third-order valence-electron chi connectivity index (χ3n) is 3.30. The van der Waals surface area contributed by atoms with E-state index in [0.29, 0.717) is 0 Å². The van der Waals surface area contributed by atoms with Crippen LogP contribution in [0.25, 0.3) is 10.9 Å². The van der Waals surface area contributed by atoms with Crippen LogP contribution in [-0.4, -0.2) is 13.0 Å². The Balaban J connectivity index is 0.000000168. The topological polar surface area (TPSA) is 61.1 Å². The van der Waals surface area contributed by atoms with Crippen LogP contribution in [0.15, 0.2) is 65.7 Å². The summed E-state index contributed by atoms with van der Waals surface area (Å²) in [6.45, 7) is 1.82. The molecule has 0 bridgehead atoms. The van der Waals surface area contributed by atoms with Crippen LogP contribution in [0.1, 0.15) is 5.56 Å². The highest BCUT2D eigenvalue weighted by molar-refractivity contribution is 7.85. The molecule has 0 aliphatic heterocycles. The van der Waals surface area contributed by atoms with Crippen molar-refractivity contribution in [2.45, 2.75) is 11.8 Å². The highest BCUT2D eigenvalue weighted by Crippen LogP contribution is 2.18. The van der Waals surface area contributed by atoms with E-state index in [0.717, 1.165) is 21.5 Å². The van der Waals surface area contributed by atoms with Gasteiger partial charge in [0.15, 0.2) is 6.20 Å². The molecule has 0 saturated carbocycles. The van der Waals surface area contributed by atoms with Crippen molar-refractivity contribution in [3.63, 3.8) is 0 Å². The number of fused-ring (bicyclic) bond motifs is 1. The molecular formula is C17H16ClNO3S. The molecule has 0 aliphatic carbocycles. The maximum Gasteiger partial charge on any atom is 0.213 e. The van der Waals surface area contributed by atoms with Gasteiger partial charge in [-0.25, -0.2) is 13.0 Å². The lowest BCUT2D eigenvalue weighted by Gasteiger charge is -2.05. The Labute approximate surface area is 140 Å². The summed E-state index contributed by atoms with van der Waals surface area (Å²) in [5.41, 5.74) is 2.09. The fourth-order valence-electron chi connectivity index (χ4n) is 2.04. The molecule has 0 aliphatic rings. The maximum atomic E-state index is 10.4. The minimum Gasteiger partial charge on any atom is -0.744 e. The number of para-hydroxylation sites is 1. The summed E-state index contributed by atoms with van der Waals surface area (Å²) in [5.74, 6) is 0. The Bertz CT molecular complexity index is 882. The predicted molar refractivity (Wildman–Crippen MR) is 89.3 cm³/mol. The summed E-state index contributed by atoms with van der Waals surface area (Å²) >= 11 is 6.02. The highest BCUT2D eigenvalue weighted by atomic mass is 35.5. The van der Waals surface area contributed by atoms with E-state index in [2.05, 4.69) is 10.6 Å². The summed E-state index contributed by atoms with van der Waals surface area (Å²) in [4.78, 5) is -0.178. The van der Waals surface area contributed by atoms with E-state index in [9.17, 15) is 13.0 Å². The lowest BCUT2D eigenvalue weighted by molar-refractivity contribution is -0.644. The monoisotopic (exact) mass is 349 g/mol. The van der Waals surface area contributed by atoms with Crippen LogP contribution in [0.2, 0.25) is 5.02 Å². The molecular weight excluding hydrogens is 334 g/mol. The molecule has 0 atom stereocenters. The molecule has 0 N–H and O–H groups in total. The molecule has 0 amide bonds. The van der Waals surface area contributed by atoms with Gasteiger partial charge in [0.05, 0.1) is 15.3 Å². The summed E-state index contributed by atoms with van der Waals surface area (Å²) in [6.07, 6.45) is 1.96. The van der Waals surface area contributed by atoms with Gasteiger partial charge in [0.2, 0.25) is 5.52 Å². The third-order valence-corrected chi connectivity index (χ3v) is 4.47. The van der Waals surface area contributed by atoms with E-state index in [-0.39, 0.29) is 4.90 Å². The maximum absolute atomic E-state index is 10.4. The first-order valence-corrected chi connectivity index (χ1v) is 8.63. The minimum atomic E-state index is -4.27. The highest BCUT2D eigenvalue weighted by Gasteiger charge is 2.05. The molecule has 0 saturated heterocycles. The van der Waals surface area contributed by atoms with Crippen LogP contribution in [0, 0.1) is 6.92 Å². The Morgan fingerprint density at radius 1 is 1.00 bits per heavy atom. The summed E-state index contributed by atoms with van der Waals surface area (Å²) in [6, 6.07) is 15.8. The van der Waals surface area contributed by atoms with Crippen molar-refractivity contribution in [1.29, 1.82) is 0 Å². The van der Waals surface area contributed by atoms with Crippen LogP contribution >= 0.6 is 11.6 Å². The number of halogens is 1. The number of hydrogen-bond acceptors (Lipinski definition) is 3. The molecule has 1 heterocycles. The van der Waals surface area contributed by atoms with Crippen molar-refractivity contribution in [2.24, 2.45) is 7.05 Å². The number of aromatic nitrogens is 1. The van der Waals surface area contributed by atoms with Crippen LogP contribution in [0.5, 0.6) is 0 Å². The Morgan fingerprint density at radius 2 is 1.61 bits per heavy atom. The van der Waals surface area contributed by atoms with Crippen LogP contribution < -0.4 is 4.57 Å². The number of nitrogens with zero attached hydrogens (tertiary/aromatic N) is 1. The number of rotatable bonds is 1. The van der Waals surface area contributed by atoms with Crippen molar-refractivity contribution in [3.8, 4) is 0 Å². The fraction of sp³-hybridized carbons (Fsp3) is 0.118. The summed E-state index contributed by atoms with van der Waals surface area (Å²) < 4.78 is 33.2. The van der Waals surface area contributed by atoms with Gasteiger partial charge >= 0.3 is 0 Å². The smallest absolute Gasteiger partial charge is 0.213 e. The van der Waals surface area contributed by atoms with E-state index < -0.39 is 10.1 Å². The Kier molecular flexibility index (Phi) is 5.36. The average Bonchev–Trinajstić information content (AvgIpc) is 2.51. The van der Waals surface area contributed by atoms with Crippen molar-refractivity contribution in [1.82, 2.24) is 0 Å². The van der Waals surface area contributed by atoms with Gasteiger partial charge in [-0.1, -0.05) is 41.4 Å². The van der Waals surface area contributed by atoms with Crippen molar-refractivity contribution in [3.05, 3.63) is 71.4 Å². The van der Waals surface area contributed by atoms with Gasteiger partial charge in [-0.15, -0.1) is 0 Å². The molecule has 0 radical (unpaired) electrons. The average molecular weight is 350 g/mol. The second kappa shape index (κ2) is 7.08. The second-order valence-corrected chi connectivity index (χ2v) is 6.85. The lowest BCUT2D eigenvalue weighted by atomic mass is 10.2. The molecule has 120 valence electrons. The molecule has 0 spiro atoms. The molecule has 2 aromatic carbocycles. The minimum absolute atomic E-state index is 0.178. The van der Waals surface area contributed by atoms with E-state index in [4.69, 9.17) is 11.6 Å². The fourth-order valence-corrected chi connectivity index (χ4v) is 2.72. The zero-order valence-corrected chi connectivity index (χ0v) is 14.3. The van der Waals surface area contributed by atoms with Gasteiger partial charge in [-0.2, -0.15) is 0 Å². The van der Waals surface area contributed by atoms with Gasteiger partial charge in [0.25, 0.3) is 0 Å². The van der Waals surface area contributed by atoms with Crippen molar-refractivity contribution >= 4 is 32.6 Å². The summed E-state index contributed by atoms with van der Waals surface area (Å²) in [7, 11) is -2.26. The lowest BCUT2D eigenvalue weighted by Crippen LogP contribution is -2.27. The van der Waals surface area contributed by atoms with Crippen LogP contribution in [0.4, 0.5) is 0 Å². The first-order valence-electron chi connectivity index (χ1n) is 6.84. The van der Waals surface area contributed by atoms with Crippen molar-refractivity contribution < 1.29 is 17.5 Å². The quantitative estimate of drug-likeness (QED) is 0.500. The number of hydrogen-bond donors (Lipinski definition) is 0. The Hall–Kier alpha value is -1.95.